The second kappa shape index (κ2) is 8.90. The first-order chi connectivity index (χ1) is 17.7. The molecule has 7 rings (SSSR count). The van der Waals surface area contributed by atoms with Crippen LogP contribution in [-0.2, 0) is 7.05 Å². The third kappa shape index (κ3) is 4.39. The summed E-state index contributed by atoms with van der Waals surface area (Å²) in [5.74, 6) is 1.07. The number of hydrogen-bond acceptors (Lipinski definition) is 7. The van der Waals surface area contributed by atoms with E-state index < -0.39 is 0 Å². The number of nitrogens with zero attached hydrogens (tertiary/aromatic N) is 6. The summed E-state index contributed by atoms with van der Waals surface area (Å²) in [5.41, 5.74) is 17.8. The number of aliphatic imine (C=N–C) groups is 1. The van der Waals surface area contributed by atoms with Gasteiger partial charge in [0.05, 0.1) is 11.6 Å². The van der Waals surface area contributed by atoms with Gasteiger partial charge >= 0.3 is 0 Å². The van der Waals surface area contributed by atoms with Crippen molar-refractivity contribution in [3.63, 3.8) is 0 Å². The number of halogens is 1. The zero-order valence-corrected chi connectivity index (χ0v) is 21.7. The van der Waals surface area contributed by atoms with Crippen LogP contribution in [0.2, 0.25) is 0 Å². The standard InChI is InChI=1S/C28H35FN8/c1-18(30)22-16-37(14-7-23(22)32-17-27-8-11-28(31,12-9-27)13-10-27)26-21-15-33-36(2)25(21)34-24(35-26)19-3-5-20(29)6-4-19/h3-6,15H,7-14,16-17,30-31H2,1-2H3. The van der Waals surface area contributed by atoms with Crippen LogP contribution in [0.15, 0.2) is 46.7 Å². The Hall–Kier alpha value is -3.33. The molecule has 9 heteroatoms. The van der Waals surface area contributed by atoms with Crippen molar-refractivity contribution < 1.29 is 4.39 Å². The number of benzene rings is 1. The molecule has 37 heavy (non-hydrogen) atoms. The highest BCUT2D eigenvalue weighted by molar-refractivity contribution is 6.03. The SMILES string of the molecule is CC(N)=C1CN(c2nc(-c3ccc(F)cc3)nc3c2cnn3C)CCC1=NCC12CCC(N)(CC1)CC2. The lowest BCUT2D eigenvalue weighted by molar-refractivity contribution is 0.0526. The van der Waals surface area contributed by atoms with Crippen LogP contribution >= 0.6 is 0 Å². The van der Waals surface area contributed by atoms with E-state index in [0.717, 1.165) is 78.2 Å². The molecule has 1 saturated heterocycles. The molecule has 3 aromatic rings. The van der Waals surface area contributed by atoms with Crippen molar-refractivity contribution in [3.8, 4) is 11.4 Å². The van der Waals surface area contributed by atoms with E-state index in [1.54, 1.807) is 16.8 Å². The quantitative estimate of drug-likeness (QED) is 0.556. The van der Waals surface area contributed by atoms with E-state index in [9.17, 15) is 4.39 Å². The second-order valence-corrected chi connectivity index (χ2v) is 11.3. The lowest BCUT2D eigenvalue weighted by Gasteiger charge is -2.51. The Kier molecular flexibility index (Phi) is 5.78. The lowest BCUT2D eigenvalue weighted by atomic mass is 9.57. The van der Waals surface area contributed by atoms with E-state index in [4.69, 9.17) is 26.4 Å². The maximum Gasteiger partial charge on any atom is 0.163 e. The summed E-state index contributed by atoms with van der Waals surface area (Å²) in [6, 6.07) is 6.27. The fraction of sp³-hybridized carbons (Fsp3) is 0.500. The van der Waals surface area contributed by atoms with Crippen LogP contribution in [0, 0.1) is 11.2 Å². The molecule has 3 saturated carbocycles. The van der Waals surface area contributed by atoms with Crippen molar-refractivity contribution in [2.75, 3.05) is 24.5 Å². The zero-order valence-electron chi connectivity index (χ0n) is 21.7. The van der Waals surface area contributed by atoms with Crippen LogP contribution < -0.4 is 16.4 Å². The van der Waals surface area contributed by atoms with Crippen molar-refractivity contribution in [2.45, 2.75) is 57.4 Å². The van der Waals surface area contributed by atoms with Gasteiger partial charge in [-0.1, -0.05) is 0 Å². The molecule has 2 aromatic heterocycles. The molecule has 3 aliphatic carbocycles. The summed E-state index contributed by atoms with van der Waals surface area (Å²) in [5, 5.41) is 5.32. The maximum atomic E-state index is 13.5. The van der Waals surface area contributed by atoms with Gasteiger partial charge in [0.2, 0.25) is 0 Å². The van der Waals surface area contributed by atoms with Crippen molar-refractivity contribution in [1.29, 1.82) is 0 Å². The summed E-state index contributed by atoms with van der Waals surface area (Å²) in [6.45, 7) is 4.23. The molecule has 4 N–H and O–H groups in total. The van der Waals surface area contributed by atoms with Crippen LogP contribution in [0.1, 0.15) is 51.9 Å². The third-order valence-corrected chi connectivity index (χ3v) is 8.83. The second-order valence-electron chi connectivity index (χ2n) is 11.3. The van der Waals surface area contributed by atoms with Crippen LogP contribution in [0.3, 0.4) is 0 Å². The number of allylic oxidation sites excluding steroid dienone is 1. The van der Waals surface area contributed by atoms with E-state index in [0.29, 0.717) is 17.8 Å². The number of nitrogens with two attached hydrogens (primary N) is 2. The Morgan fingerprint density at radius 2 is 1.78 bits per heavy atom. The van der Waals surface area contributed by atoms with Crippen LogP contribution in [-0.4, -0.2) is 50.6 Å². The van der Waals surface area contributed by atoms with E-state index in [-0.39, 0.29) is 11.4 Å². The Morgan fingerprint density at radius 3 is 2.46 bits per heavy atom. The minimum Gasteiger partial charge on any atom is -0.402 e. The molecule has 194 valence electrons. The van der Waals surface area contributed by atoms with Gasteiger partial charge < -0.3 is 16.4 Å². The number of hydrogen-bond donors (Lipinski definition) is 2. The molecule has 1 aromatic carbocycles. The molecule has 0 spiro atoms. The Bertz CT molecular complexity index is 1380. The predicted molar refractivity (Wildman–Crippen MR) is 145 cm³/mol. The number of aromatic nitrogens is 4. The van der Waals surface area contributed by atoms with Gasteiger partial charge in [0.25, 0.3) is 0 Å². The number of rotatable bonds is 4. The fourth-order valence-electron chi connectivity index (χ4n) is 6.23. The van der Waals surface area contributed by atoms with E-state index in [2.05, 4.69) is 10.00 Å². The first-order valence-electron chi connectivity index (χ1n) is 13.2. The average molecular weight is 503 g/mol. The predicted octanol–water partition coefficient (Wildman–Crippen LogP) is 4.10. The van der Waals surface area contributed by atoms with E-state index in [1.807, 2.05) is 20.2 Å². The van der Waals surface area contributed by atoms with Gasteiger partial charge in [-0.05, 0) is 75.1 Å². The van der Waals surface area contributed by atoms with Crippen molar-refractivity contribution in [3.05, 3.63) is 47.5 Å². The highest BCUT2D eigenvalue weighted by Crippen LogP contribution is 2.51. The van der Waals surface area contributed by atoms with Crippen LogP contribution in [0.5, 0.6) is 0 Å². The molecule has 1 aliphatic heterocycles. The monoisotopic (exact) mass is 502 g/mol. The molecule has 4 aliphatic rings. The minimum absolute atomic E-state index is 0.0705. The van der Waals surface area contributed by atoms with E-state index in [1.165, 1.54) is 31.4 Å². The Morgan fingerprint density at radius 1 is 1.08 bits per heavy atom. The molecule has 0 unspecified atom stereocenters. The van der Waals surface area contributed by atoms with Gasteiger partial charge in [-0.2, -0.15) is 5.10 Å². The summed E-state index contributed by atoms with van der Waals surface area (Å²) in [4.78, 5) is 17.1. The number of fused-ring (bicyclic) bond motifs is 4. The normalized spacial score (nSPS) is 28.3. The molecule has 0 amide bonds. The molecule has 0 radical (unpaired) electrons. The minimum atomic E-state index is -0.287. The number of piperidine rings is 1. The Balaban J connectivity index is 1.30. The maximum absolute atomic E-state index is 13.5. The lowest BCUT2D eigenvalue weighted by Crippen LogP contribution is -2.52. The summed E-state index contributed by atoms with van der Waals surface area (Å²) in [6.07, 6.45) is 9.51. The summed E-state index contributed by atoms with van der Waals surface area (Å²) in [7, 11) is 1.87. The van der Waals surface area contributed by atoms with Crippen molar-refractivity contribution >= 4 is 22.6 Å². The summed E-state index contributed by atoms with van der Waals surface area (Å²) < 4.78 is 15.3. The van der Waals surface area contributed by atoms with Crippen molar-refractivity contribution in [1.82, 2.24) is 19.7 Å². The zero-order chi connectivity index (χ0) is 25.8. The molecule has 8 nitrogen and oxygen atoms in total. The van der Waals surface area contributed by atoms with Crippen molar-refractivity contribution in [2.24, 2.45) is 28.9 Å². The highest BCUT2D eigenvalue weighted by Gasteiger charge is 2.46. The van der Waals surface area contributed by atoms with Crippen LogP contribution in [0.4, 0.5) is 10.2 Å². The third-order valence-electron chi connectivity index (χ3n) is 8.83. The molecule has 4 fully saturated rings. The Labute approximate surface area is 216 Å². The first-order valence-corrected chi connectivity index (χ1v) is 13.2. The topological polar surface area (TPSA) is 111 Å². The smallest absolute Gasteiger partial charge is 0.163 e. The fourth-order valence-corrected chi connectivity index (χ4v) is 6.23. The number of aryl methyl sites for hydroxylation is 1. The van der Waals surface area contributed by atoms with Crippen LogP contribution in [0.25, 0.3) is 22.4 Å². The van der Waals surface area contributed by atoms with Gasteiger partial charge in [0.1, 0.15) is 11.6 Å². The van der Waals surface area contributed by atoms with Gasteiger partial charge in [-0.15, -0.1) is 0 Å². The van der Waals surface area contributed by atoms with Gasteiger partial charge in [0, 0.05) is 61.2 Å². The molecule has 2 bridgehead atoms. The first kappa shape index (κ1) is 24.0. The molecular weight excluding hydrogens is 467 g/mol. The van der Waals surface area contributed by atoms with Gasteiger partial charge in [0.15, 0.2) is 11.5 Å². The molecular formula is C28H35FN8. The largest absolute Gasteiger partial charge is 0.402 e. The number of anilines is 1. The molecule has 3 heterocycles. The summed E-state index contributed by atoms with van der Waals surface area (Å²) >= 11 is 0. The highest BCUT2D eigenvalue weighted by atomic mass is 19.1. The van der Waals surface area contributed by atoms with Gasteiger partial charge in [-0.25, -0.2) is 14.4 Å². The van der Waals surface area contributed by atoms with E-state index >= 15 is 0 Å². The average Bonchev–Trinajstić information content (AvgIpc) is 3.29. The molecule has 0 atom stereocenters. The van der Waals surface area contributed by atoms with Gasteiger partial charge in [-0.3, -0.25) is 9.67 Å².